The van der Waals surface area contributed by atoms with Crippen molar-refractivity contribution in [1.29, 1.82) is 0 Å². The summed E-state index contributed by atoms with van der Waals surface area (Å²) in [5, 5.41) is 0. The van der Waals surface area contributed by atoms with Crippen molar-refractivity contribution in [3.05, 3.63) is 34.1 Å². The Bertz CT molecular complexity index is 289. The minimum Gasteiger partial charge on any atom is -0.375 e. The first-order chi connectivity index (χ1) is 6.19. The van der Waals surface area contributed by atoms with Gasteiger partial charge in [-0.25, -0.2) is 4.39 Å². The Morgan fingerprint density at radius 3 is 2.85 bits per heavy atom. The second kappa shape index (κ2) is 4.69. The van der Waals surface area contributed by atoms with Crippen molar-refractivity contribution in [2.24, 2.45) is 5.73 Å². The van der Waals surface area contributed by atoms with Gasteiger partial charge in [0.1, 0.15) is 5.82 Å². The van der Waals surface area contributed by atoms with Crippen LogP contribution in [0.2, 0.25) is 0 Å². The molecule has 4 heteroatoms. The summed E-state index contributed by atoms with van der Waals surface area (Å²) >= 11 is 3.26. The number of ether oxygens (including phenoxy) is 1. The van der Waals surface area contributed by atoms with Gasteiger partial charge in [-0.1, -0.05) is 15.9 Å². The lowest BCUT2D eigenvalue weighted by atomic mass is 10.1. The van der Waals surface area contributed by atoms with Crippen LogP contribution in [0.4, 0.5) is 4.39 Å². The molecule has 0 saturated carbocycles. The van der Waals surface area contributed by atoms with Crippen LogP contribution in [0, 0.1) is 5.82 Å². The number of hydrogen-bond acceptors (Lipinski definition) is 2. The van der Waals surface area contributed by atoms with Crippen LogP contribution in [0.15, 0.2) is 22.7 Å². The summed E-state index contributed by atoms with van der Waals surface area (Å²) in [6.45, 7) is 0.268. The van der Waals surface area contributed by atoms with Gasteiger partial charge in [-0.3, -0.25) is 0 Å². The zero-order valence-electron chi connectivity index (χ0n) is 7.26. The van der Waals surface area contributed by atoms with Crippen LogP contribution in [0.25, 0.3) is 0 Å². The van der Waals surface area contributed by atoms with E-state index in [4.69, 9.17) is 10.5 Å². The minimum atomic E-state index is -0.377. The fraction of sp³-hybridized carbons (Fsp3) is 0.333. The van der Waals surface area contributed by atoms with Crippen molar-refractivity contribution < 1.29 is 9.13 Å². The molecule has 1 aromatic carbocycles. The molecule has 72 valence electrons. The van der Waals surface area contributed by atoms with Gasteiger partial charge in [0.2, 0.25) is 0 Å². The number of hydrogen-bond donors (Lipinski definition) is 1. The lowest BCUT2D eigenvalue weighted by molar-refractivity contribution is 0.107. The number of rotatable bonds is 3. The quantitative estimate of drug-likeness (QED) is 0.890. The predicted molar refractivity (Wildman–Crippen MR) is 52.9 cm³/mol. The molecule has 0 bridgehead atoms. The van der Waals surface area contributed by atoms with Crippen molar-refractivity contribution in [2.45, 2.75) is 6.10 Å². The molecule has 0 radical (unpaired) electrons. The molecule has 0 aliphatic heterocycles. The fourth-order valence-electron chi connectivity index (χ4n) is 1.11. The maximum atomic E-state index is 13.2. The topological polar surface area (TPSA) is 35.2 Å². The van der Waals surface area contributed by atoms with Gasteiger partial charge < -0.3 is 10.5 Å². The van der Waals surface area contributed by atoms with Gasteiger partial charge in [-0.05, 0) is 18.2 Å². The van der Waals surface area contributed by atoms with E-state index >= 15 is 0 Å². The molecule has 0 aliphatic carbocycles. The molecule has 1 rings (SSSR count). The van der Waals surface area contributed by atoms with E-state index in [9.17, 15) is 4.39 Å². The normalized spacial score (nSPS) is 12.9. The third kappa shape index (κ3) is 2.49. The van der Waals surface area contributed by atoms with Crippen LogP contribution in [0.5, 0.6) is 0 Å². The molecular formula is C9H11BrFNO. The zero-order chi connectivity index (χ0) is 9.84. The minimum absolute atomic E-state index is 0.268. The molecule has 0 amide bonds. The Balaban J connectivity index is 3.03. The smallest absolute Gasteiger partial charge is 0.129 e. The molecule has 1 unspecified atom stereocenters. The second-order valence-corrected chi connectivity index (χ2v) is 3.54. The predicted octanol–water partition coefficient (Wildman–Crippen LogP) is 2.23. The van der Waals surface area contributed by atoms with Crippen LogP contribution in [-0.4, -0.2) is 13.7 Å². The zero-order valence-corrected chi connectivity index (χ0v) is 8.84. The number of methoxy groups -OCH3 is 1. The average molecular weight is 248 g/mol. The molecule has 0 fully saturated rings. The number of nitrogens with two attached hydrogens (primary N) is 1. The van der Waals surface area contributed by atoms with E-state index in [0.29, 0.717) is 5.56 Å². The van der Waals surface area contributed by atoms with Crippen LogP contribution >= 0.6 is 15.9 Å². The first kappa shape index (κ1) is 10.6. The summed E-state index contributed by atoms with van der Waals surface area (Å²) in [6, 6.07) is 4.71. The van der Waals surface area contributed by atoms with E-state index in [1.54, 1.807) is 12.1 Å². The molecule has 0 saturated heterocycles. The molecule has 1 aromatic rings. The second-order valence-electron chi connectivity index (χ2n) is 2.63. The van der Waals surface area contributed by atoms with Crippen LogP contribution in [-0.2, 0) is 4.74 Å². The molecule has 2 N–H and O–H groups in total. The van der Waals surface area contributed by atoms with E-state index < -0.39 is 0 Å². The van der Waals surface area contributed by atoms with Gasteiger partial charge in [0.25, 0.3) is 0 Å². The van der Waals surface area contributed by atoms with Crippen molar-refractivity contribution in [1.82, 2.24) is 0 Å². The van der Waals surface area contributed by atoms with Crippen molar-refractivity contribution in [2.75, 3.05) is 13.7 Å². The van der Waals surface area contributed by atoms with Gasteiger partial charge >= 0.3 is 0 Å². The molecule has 1 atom stereocenters. The standard InChI is InChI=1S/C9H11BrFNO/c1-13-9(5-12)7-4-6(10)2-3-8(7)11/h2-4,9H,5,12H2,1H3. The van der Waals surface area contributed by atoms with Crippen LogP contribution < -0.4 is 5.73 Å². The summed E-state index contributed by atoms with van der Waals surface area (Å²) in [5.41, 5.74) is 5.91. The lowest BCUT2D eigenvalue weighted by Crippen LogP contribution is -2.15. The summed E-state index contributed by atoms with van der Waals surface area (Å²) in [5.74, 6) is -0.291. The fourth-order valence-corrected chi connectivity index (χ4v) is 1.49. The molecule has 0 aliphatic rings. The highest BCUT2D eigenvalue weighted by Crippen LogP contribution is 2.22. The van der Waals surface area contributed by atoms with Crippen molar-refractivity contribution >= 4 is 15.9 Å². The summed E-state index contributed by atoms with van der Waals surface area (Å²) < 4.78 is 19.1. The molecule has 13 heavy (non-hydrogen) atoms. The average Bonchev–Trinajstić information content (AvgIpc) is 2.13. The van der Waals surface area contributed by atoms with E-state index in [0.717, 1.165) is 4.47 Å². The van der Waals surface area contributed by atoms with Gasteiger partial charge in [-0.15, -0.1) is 0 Å². The summed E-state index contributed by atoms with van der Waals surface area (Å²) in [6.07, 6.45) is -0.377. The van der Waals surface area contributed by atoms with Crippen molar-refractivity contribution in [3.8, 4) is 0 Å². The van der Waals surface area contributed by atoms with E-state index in [1.807, 2.05) is 0 Å². The van der Waals surface area contributed by atoms with Gasteiger partial charge in [0.05, 0.1) is 6.10 Å². The molecule has 0 aromatic heterocycles. The summed E-state index contributed by atoms with van der Waals surface area (Å²) in [4.78, 5) is 0. The lowest BCUT2D eigenvalue weighted by Gasteiger charge is -2.14. The van der Waals surface area contributed by atoms with Crippen LogP contribution in [0.1, 0.15) is 11.7 Å². The van der Waals surface area contributed by atoms with Gasteiger partial charge in [0.15, 0.2) is 0 Å². The highest BCUT2D eigenvalue weighted by molar-refractivity contribution is 9.10. The Morgan fingerprint density at radius 2 is 2.31 bits per heavy atom. The maximum absolute atomic E-state index is 13.2. The van der Waals surface area contributed by atoms with Gasteiger partial charge in [-0.2, -0.15) is 0 Å². The highest BCUT2D eigenvalue weighted by Gasteiger charge is 2.13. The largest absolute Gasteiger partial charge is 0.375 e. The Kier molecular flexibility index (Phi) is 3.84. The highest BCUT2D eigenvalue weighted by atomic mass is 79.9. The summed E-state index contributed by atoms with van der Waals surface area (Å²) in [7, 11) is 1.51. The Hall–Kier alpha value is -0.450. The Labute approximate surface area is 85.0 Å². The third-order valence-electron chi connectivity index (χ3n) is 1.80. The monoisotopic (exact) mass is 247 g/mol. The number of benzene rings is 1. The Morgan fingerprint density at radius 1 is 1.62 bits per heavy atom. The SMILES string of the molecule is COC(CN)c1cc(Br)ccc1F. The molecule has 0 heterocycles. The van der Waals surface area contributed by atoms with Gasteiger partial charge in [0, 0.05) is 23.7 Å². The maximum Gasteiger partial charge on any atom is 0.129 e. The van der Waals surface area contributed by atoms with E-state index in [2.05, 4.69) is 15.9 Å². The van der Waals surface area contributed by atoms with Crippen LogP contribution in [0.3, 0.4) is 0 Å². The third-order valence-corrected chi connectivity index (χ3v) is 2.30. The van der Waals surface area contributed by atoms with E-state index in [1.165, 1.54) is 13.2 Å². The van der Waals surface area contributed by atoms with E-state index in [-0.39, 0.29) is 18.5 Å². The first-order valence-electron chi connectivity index (χ1n) is 3.87. The number of halogens is 2. The first-order valence-corrected chi connectivity index (χ1v) is 4.66. The molecule has 0 spiro atoms. The van der Waals surface area contributed by atoms with Crippen molar-refractivity contribution in [3.63, 3.8) is 0 Å². The molecular weight excluding hydrogens is 237 g/mol. The molecule has 2 nitrogen and oxygen atoms in total.